The molecule has 0 saturated heterocycles. The average Bonchev–Trinajstić information content (AvgIpc) is 3.11. The van der Waals surface area contributed by atoms with Gasteiger partial charge in [-0.2, -0.15) is 0 Å². The first-order valence-corrected chi connectivity index (χ1v) is 8.40. The van der Waals surface area contributed by atoms with Gasteiger partial charge < -0.3 is 20.2 Å². The molecule has 1 aromatic heterocycles. The Morgan fingerprint density at radius 2 is 2.04 bits per heavy atom. The third-order valence-electron chi connectivity index (χ3n) is 3.81. The van der Waals surface area contributed by atoms with Gasteiger partial charge in [0.25, 0.3) is 0 Å². The molecule has 5 nitrogen and oxygen atoms in total. The summed E-state index contributed by atoms with van der Waals surface area (Å²) in [5.74, 6) is 1.57. The maximum Gasteiger partial charge on any atom is 0.191 e. The fraction of sp³-hybridized carbons (Fsp3) is 0.421. The summed E-state index contributed by atoms with van der Waals surface area (Å²) in [4.78, 5) is 4.63. The summed E-state index contributed by atoms with van der Waals surface area (Å²) in [6.07, 6.45) is 0.861. The van der Waals surface area contributed by atoms with Crippen molar-refractivity contribution in [2.75, 3.05) is 19.6 Å². The van der Waals surface area contributed by atoms with E-state index in [1.165, 1.54) is 11.1 Å². The lowest BCUT2D eigenvalue weighted by atomic mass is 10.00. The monoisotopic (exact) mass is 457 g/mol. The number of hydrogen-bond donors (Lipinski definition) is 3. The topological polar surface area (TPSA) is 69.8 Å². The van der Waals surface area contributed by atoms with Gasteiger partial charge in [0.05, 0.1) is 12.8 Å². The average molecular weight is 457 g/mol. The van der Waals surface area contributed by atoms with Crippen molar-refractivity contribution in [3.8, 4) is 0 Å². The quantitative estimate of drug-likeness (QED) is 0.338. The molecule has 0 aliphatic rings. The normalized spacial score (nSPS) is 13.7. The third kappa shape index (κ3) is 7.07. The summed E-state index contributed by atoms with van der Waals surface area (Å²) in [5.41, 5.74) is 2.54. The van der Waals surface area contributed by atoms with Gasteiger partial charge in [-0.15, -0.1) is 24.0 Å². The van der Waals surface area contributed by atoms with Crippen LogP contribution in [0.4, 0.5) is 0 Å². The summed E-state index contributed by atoms with van der Waals surface area (Å²) in [7, 11) is 0. The number of nitrogens with zero attached hydrogens (tertiary/aromatic N) is 1. The number of hydrogen-bond acceptors (Lipinski definition) is 3. The molecule has 0 radical (unpaired) electrons. The second-order valence-corrected chi connectivity index (χ2v) is 5.95. The Morgan fingerprint density at radius 3 is 2.68 bits per heavy atom. The minimum Gasteiger partial charge on any atom is -0.467 e. The molecule has 0 fully saturated rings. The van der Waals surface area contributed by atoms with Crippen molar-refractivity contribution in [1.29, 1.82) is 0 Å². The maximum atomic E-state index is 10.1. The highest BCUT2D eigenvalue weighted by molar-refractivity contribution is 14.0. The molecule has 3 N–H and O–H groups in total. The lowest BCUT2D eigenvalue weighted by Crippen LogP contribution is -2.39. The van der Waals surface area contributed by atoms with Gasteiger partial charge in [-0.25, -0.2) is 0 Å². The van der Waals surface area contributed by atoms with Gasteiger partial charge in [-0.3, -0.25) is 4.99 Å². The first-order chi connectivity index (χ1) is 11.6. The second-order valence-electron chi connectivity index (χ2n) is 5.95. The van der Waals surface area contributed by atoms with Crippen molar-refractivity contribution in [3.63, 3.8) is 0 Å². The predicted octanol–water partition coefficient (Wildman–Crippen LogP) is 3.60. The highest BCUT2D eigenvalue weighted by atomic mass is 127. The molecule has 2 unspecified atom stereocenters. The van der Waals surface area contributed by atoms with E-state index < -0.39 is 6.10 Å². The van der Waals surface area contributed by atoms with Crippen LogP contribution < -0.4 is 10.6 Å². The molecule has 0 amide bonds. The van der Waals surface area contributed by atoms with E-state index in [1.54, 1.807) is 18.4 Å². The molecule has 0 aliphatic heterocycles. The first-order valence-electron chi connectivity index (χ1n) is 8.40. The molecular formula is C19H28IN3O2. The number of aliphatic hydroxyl groups is 1. The number of halogens is 1. The molecule has 1 aromatic carbocycles. The summed E-state index contributed by atoms with van der Waals surface area (Å²) < 4.78 is 5.20. The van der Waals surface area contributed by atoms with Crippen LogP contribution in [0.5, 0.6) is 0 Å². The zero-order valence-electron chi connectivity index (χ0n) is 15.0. The number of nitrogens with one attached hydrogen (secondary N) is 2. The summed E-state index contributed by atoms with van der Waals surface area (Å²) >= 11 is 0. The van der Waals surface area contributed by atoms with Gasteiger partial charge in [0.1, 0.15) is 11.9 Å². The van der Waals surface area contributed by atoms with Crippen LogP contribution in [-0.4, -0.2) is 30.7 Å². The van der Waals surface area contributed by atoms with E-state index in [0.29, 0.717) is 30.7 Å². The molecule has 1 heterocycles. The van der Waals surface area contributed by atoms with E-state index in [1.807, 2.05) is 6.92 Å². The Morgan fingerprint density at radius 1 is 1.24 bits per heavy atom. The van der Waals surface area contributed by atoms with Crippen LogP contribution >= 0.6 is 24.0 Å². The zero-order chi connectivity index (χ0) is 17.4. The number of aryl methyl sites for hydroxylation is 1. The van der Waals surface area contributed by atoms with E-state index in [2.05, 4.69) is 53.7 Å². The van der Waals surface area contributed by atoms with Gasteiger partial charge in [-0.1, -0.05) is 36.8 Å². The van der Waals surface area contributed by atoms with Gasteiger partial charge in [-0.05, 0) is 31.5 Å². The second kappa shape index (κ2) is 11.1. The van der Waals surface area contributed by atoms with Crippen molar-refractivity contribution >= 4 is 29.9 Å². The highest BCUT2D eigenvalue weighted by Gasteiger charge is 2.11. The van der Waals surface area contributed by atoms with Crippen molar-refractivity contribution in [2.45, 2.75) is 32.8 Å². The fourth-order valence-corrected chi connectivity index (χ4v) is 2.43. The van der Waals surface area contributed by atoms with Crippen molar-refractivity contribution < 1.29 is 9.52 Å². The van der Waals surface area contributed by atoms with E-state index in [-0.39, 0.29) is 24.0 Å². The van der Waals surface area contributed by atoms with Gasteiger partial charge in [0.15, 0.2) is 5.96 Å². The molecule has 0 saturated carbocycles. The minimum atomic E-state index is -0.696. The van der Waals surface area contributed by atoms with Gasteiger partial charge in [0.2, 0.25) is 0 Å². The Labute approximate surface area is 167 Å². The summed E-state index contributed by atoms with van der Waals surface area (Å²) in [5, 5.41) is 16.4. The largest absolute Gasteiger partial charge is 0.467 e. The minimum absolute atomic E-state index is 0. The number of guanidine groups is 1. The Balaban J connectivity index is 0.00000312. The number of aliphatic imine (C=N–C) groups is 1. The van der Waals surface area contributed by atoms with Gasteiger partial charge in [0, 0.05) is 19.0 Å². The number of rotatable bonds is 7. The fourth-order valence-electron chi connectivity index (χ4n) is 2.43. The summed E-state index contributed by atoms with van der Waals surface area (Å²) in [6.45, 7) is 8.07. The first kappa shape index (κ1) is 21.5. The van der Waals surface area contributed by atoms with E-state index in [0.717, 1.165) is 6.54 Å². The van der Waals surface area contributed by atoms with Crippen LogP contribution in [0.2, 0.25) is 0 Å². The van der Waals surface area contributed by atoms with Gasteiger partial charge >= 0.3 is 0 Å². The maximum absolute atomic E-state index is 10.1. The molecule has 2 rings (SSSR count). The highest BCUT2D eigenvalue weighted by Crippen LogP contribution is 2.16. The van der Waals surface area contributed by atoms with E-state index >= 15 is 0 Å². The van der Waals surface area contributed by atoms with Crippen LogP contribution in [-0.2, 0) is 0 Å². The van der Waals surface area contributed by atoms with Crippen LogP contribution in [0.3, 0.4) is 0 Å². The number of benzene rings is 1. The molecule has 138 valence electrons. The Bertz CT molecular complexity index is 644. The van der Waals surface area contributed by atoms with Crippen molar-refractivity contribution in [2.24, 2.45) is 4.99 Å². The Hall–Kier alpha value is -1.54. The SMILES string of the molecule is CCNC(=NCC(C)c1cccc(C)c1)NCC(O)c1ccco1.I. The lowest BCUT2D eigenvalue weighted by molar-refractivity contribution is 0.153. The van der Waals surface area contributed by atoms with Crippen LogP contribution in [0, 0.1) is 6.92 Å². The molecular weight excluding hydrogens is 429 g/mol. The predicted molar refractivity (Wildman–Crippen MR) is 113 cm³/mol. The number of aliphatic hydroxyl groups excluding tert-OH is 1. The zero-order valence-corrected chi connectivity index (χ0v) is 17.4. The van der Waals surface area contributed by atoms with Crippen LogP contribution in [0.15, 0.2) is 52.1 Å². The standard InChI is InChI=1S/C19H27N3O2.HI/c1-4-20-19(22-13-17(23)18-9-6-10-24-18)21-12-15(3)16-8-5-7-14(2)11-16;/h5-11,15,17,23H,4,12-13H2,1-3H3,(H2,20,21,22);1H. The van der Waals surface area contributed by atoms with Crippen LogP contribution in [0.25, 0.3) is 0 Å². The number of furan rings is 1. The molecule has 0 aliphatic carbocycles. The molecule has 2 atom stereocenters. The van der Waals surface area contributed by atoms with E-state index in [9.17, 15) is 5.11 Å². The van der Waals surface area contributed by atoms with Crippen molar-refractivity contribution in [1.82, 2.24) is 10.6 Å². The molecule has 0 spiro atoms. The third-order valence-corrected chi connectivity index (χ3v) is 3.81. The van der Waals surface area contributed by atoms with E-state index in [4.69, 9.17) is 4.42 Å². The molecule has 0 bridgehead atoms. The molecule has 25 heavy (non-hydrogen) atoms. The van der Waals surface area contributed by atoms with Crippen LogP contribution in [0.1, 0.15) is 42.8 Å². The van der Waals surface area contributed by atoms with Crippen molar-refractivity contribution in [3.05, 3.63) is 59.5 Å². The molecule has 2 aromatic rings. The molecule has 6 heteroatoms. The smallest absolute Gasteiger partial charge is 0.191 e. The lowest BCUT2D eigenvalue weighted by Gasteiger charge is -2.15. The Kier molecular flexibility index (Phi) is 9.59. The summed E-state index contributed by atoms with van der Waals surface area (Å²) in [6, 6.07) is 12.0.